The molecule has 0 atom stereocenters. The van der Waals surface area contributed by atoms with Crippen molar-refractivity contribution in [3.05, 3.63) is 198 Å². The van der Waals surface area contributed by atoms with E-state index in [0.29, 0.717) is 0 Å². The smallest absolute Gasteiger partial charge is 0.0465 e. The second-order valence-electron chi connectivity index (χ2n) is 15.8. The van der Waals surface area contributed by atoms with Gasteiger partial charge in [-0.1, -0.05) is 155 Å². The van der Waals surface area contributed by atoms with Gasteiger partial charge < -0.3 is 4.90 Å². The highest BCUT2D eigenvalue weighted by atomic mass is 15.1. The summed E-state index contributed by atoms with van der Waals surface area (Å²) in [6.07, 6.45) is 0. The Bertz CT molecular complexity index is 2710. The van der Waals surface area contributed by atoms with E-state index in [1.165, 1.54) is 88.9 Å². The first-order valence-corrected chi connectivity index (χ1v) is 18.8. The lowest BCUT2D eigenvalue weighted by molar-refractivity contribution is 0.660. The van der Waals surface area contributed by atoms with Crippen LogP contribution in [0, 0.1) is 0 Å². The number of nitrogens with zero attached hydrogens (tertiary/aromatic N) is 1. The van der Waals surface area contributed by atoms with Crippen LogP contribution in [0.5, 0.6) is 0 Å². The Morgan fingerprint density at radius 3 is 1.45 bits per heavy atom. The molecule has 0 N–H and O–H groups in total. The highest BCUT2D eigenvalue weighted by Gasteiger charge is 2.38. The first kappa shape index (κ1) is 31.5. The van der Waals surface area contributed by atoms with E-state index < -0.39 is 0 Å². The standard InChI is InChI=1S/C52H41N/c1-51(2)47-17-11-10-16-43(47)45-28-25-41(32-49(45)51)53(40-23-20-36(21-24-40)34-12-6-5-7-13-34)42-26-29-46-44-27-22-39(31-48(44)52(3,4)50(46)33-42)38-19-18-35-14-8-9-15-37(35)30-38/h5-33H,1-4H3. The zero-order valence-electron chi connectivity index (χ0n) is 30.7. The minimum Gasteiger partial charge on any atom is -0.310 e. The molecule has 8 aromatic carbocycles. The first-order valence-electron chi connectivity index (χ1n) is 18.8. The summed E-state index contributed by atoms with van der Waals surface area (Å²) in [4.78, 5) is 2.45. The molecule has 0 saturated heterocycles. The average Bonchev–Trinajstić information content (AvgIpc) is 3.57. The quantitative estimate of drug-likeness (QED) is 0.175. The topological polar surface area (TPSA) is 3.24 Å². The average molecular weight is 680 g/mol. The molecular weight excluding hydrogens is 639 g/mol. The van der Waals surface area contributed by atoms with Gasteiger partial charge in [0.1, 0.15) is 0 Å². The molecule has 8 aromatic rings. The number of anilines is 3. The second-order valence-corrected chi connectivity index (χ2v) is 15.8. The van der Waals surface area contributed by atoms with Crippen LogP contribution in [-0.4, -0.2) is 0 Å². The Balaban J connectivity index is 1.09. The molecule has 0 heterocycles. The molecule has 0 aromatic heterocycles. The van der Waals surface area contributed by atoms with Crippen LogP contribution in [0.15, 0.2) is 176 Å². The van der Waals surface area contributed by atoms with Crippen LogP contribution in [-0.2, 0) is 10.8 Å². The lowest BCUT2D eigenvalue weighted by Crippen LogP contribution is -2.18. The molecule has 53 heavy (non-hydrogen) atoms. The first-order chi connectivity index (χ1) is 25.8. The molecule has 1 heteroatoms. The van der Waals surface area contributed by atoms with Gasteiger partial charge in [-0.15, -0.1) is 0 Å². The number of hydrogen-bond acceptors (Lipinski definition) is 1. The summed E-state index contributed by atoms with van der Waals surface area (Å²) in [6, 6.07) is 65.3. The fourth-order valence-corrected chi connectivity index (χ4v) is 9.13. The summed E-state index contributed by atoms with van der Waals surface area (Å²) in [5.41, 5.74) is 19.0. The molecule has 0 spiro atoms. The maximum atomic E-state index is 2.45. The summed E-state index contributed by atoms with van der Waals surface area (Å²) in [5.74, 6) is 0. The summed E-state index contributed by atoms with van der Waals surface area (Å²) in [5, 5.41) is 2.54. The van der Waals surface area contributed by atoms with Gasteiger partial charge in [0.2, 0.25) is 0 Å². The molecular formula is C52H41N. The van der Waals surface area contributed by atoms with Gasteiger partial charge in [0, 0.05) is 27.9 Å². The molecule has 0 bridgehead atoms. The minimum atomic E-state index is -0.169. The minimum absolute atomic E-state index is 0.0882. The van der Waals surface area contributed by atoms with Crippen molar-refractivity contribution in [2.24, 2.45) is 0 Å². The Hall–Kier alpha value is -6.18. The zero-order valence-corrected chi connectivity index (χ0v) is 30.7. The van der Waals surface area contributed by atoms with Crippen molar-refractivity contribution in [3.63, 3.8) is 0 Å². The van der Waals surface area contributed by atoms with Gasteiger partial charge in [-0.2, -0.15) is 0 Å². The Kier molecular flexibility index (Phi) is 6.94. The zero-order chi connectivity index (χ0) is 35.9. The van der Waals surface area contributed by atoms with Gasteiger partial charge >= 0.3 is 0 Å². The molecule has 254 valence electrons. The van der Waals surface area contributed by atoms with Gasteiger partial charge in [0.05, 0.1) is 0 Å². The molecule has 2 aliphatic rings. The van der Waals surface area contributed by atoms with E-state index in [-0.39, 0.29) is 10.8 Å². The summed E-state index contributed by atoms with van der Waals surface area (Å²) in [7, 11) is 0. The molecule has 0 aliphatic heterocycles. The molecule has 0 radical (unpaired) electrons. The lowest BCUT2D eigenvalue weighted by Gasteiger charge is -2.30. The molecule has 0 amide bonds. The Labute approximate surface area is 312 Å². The van der Waals surface area contributed by atoms with Crippen LogP contribution in [0.25, 0.3) is 55.3 Å². The number of hydrogen-bond donors (Lipinski definition) is 0. The highest BCUT2D eigenvalue weighted by Crippen LogP contribution is 2.53. The fourth-order valence-electron chi connectivity index (χ4n) is 9.13. The SMILES string of the molecule is CC1(C)c2ccccc2-c2ccc(N(c3ccc(-c4ccccc4)cc3)c3ccc4c(c3)C(C)(C)c3cc(-c5ccc6ccccc6c5)ccc3-4)cc21. The summed E-state index contributed by atoms with van der Waals surface area (Å²) in [6.45, 7) is 9.50. The predicted molar refractivity (Wildman–Crippen MR) is 225 cm³/mol. The third-order valence-electron chi connectivity index (χ3n) is 12.1. The molecule has 1 nitrogen and oxygen atoms in total. The maximum Gasteiger partial charge on any atom is 0.0465 e. The van der Waals surface area contributed by atoms with Crippen LogP contribution in [0.4, 0.5) is 17.1 Å². The fraction of sp³-hybridized carbons (Fsp3) is 0.115. The van der Waals surface area contributed by atoms with E-state index in [4.69, 9.17) is 0 Å². The summed E-state index contributed by atoms with van der Waals surface area (Å²) >= 11 is 0. The third-order valence-corrected chi connectivity index (χ3v) is 12.1. The van der Waals surface area contributed by atoms with Crippen molar-refractivity contribution in [1.29, 1.82) is 0 Å². The van der Waals surface area contributed by atoms with Gasteiger partial charge in [-0.3, -0.25) is 0 Å². The van der Waals surface area contributed by atoms with Crippen molar-refractivity contribution in [2.75, 3.05) is 4.90 Å². The Morgan fingerprint density at radius 2 is 0.755 bits per heavy atom. The van der Waals surface area contributed by atoms with E-state index in [1.807, 2.05) is 0 Å². The van der Waals surface area contributed by atoms with E-state index in [2.05, 4.69) is 209 Å². The van der Waals surface area contributed by atoms with E-state index >= 15 is 0 Å². The second kappa shape index (κ2) is 11.7. The summed E-state index contributed by atoms with van der Waals surface area (Å²) < 4.78 is 0. The van der Waals surface area contributed by atoms with Gasteiger partial charge in [0.15, 0.2) is 0 Å². The molecule has 0 saturated carbocycles. The van der Waals surface area contributed by atoms with Crippen LogP contribution < -0.4 is 4.90 Å². The third kappa shape index (κ3) is 4.91. The van der Waals surface area contributed by atoms with Gasteiger partial charge in [-0.25, -0.2) is 0 Å². The molecule has 2 aliphatic carbocycles. The Morgan fingerprint density at radius 1 is 0.302 bits per heavy atom. The van der Waals surface area contributed by atoms with Crippen molar-refractivity contribution in [1.82, 2.24) is 0 Å². The monoisotopic (exact) mass is 679 g/mol. The largest absolute Gasteiger partial charge is 0.310 e. The van der Waals surface area contributed by atoms with Crippen molar-refractivity contribution >= 4 is 27.8 Å². The number of fused-ring (bicyclic) bond motifs is 7. The molecule has 0 unspecified atom stereocenters. The van der Waals surface area contributed by atoms with E-state index in [1.54, 1.807) is 0 Å². The van der Waals surface area contributed by atoms with Crippen molar-refractivity contribution in [2.45, 2.75) is 38.5 Å². The van der Waals surface area contributed by atoms with Gasteiger partial charge in [-0.05, 0) is 126 Å². The van der Waals surface area contributed by atoms with Crippen LogP contribution >= 0.6 is 0 Å². The van der Waals surface area contributed by atoms with Crippen LogP contribution in [0.3, 0.4) is 0 Å². The van der Waals surface area contributed by atoms with E-state index in [0.717, 1.165) is 5.69 Å². The maximum absolute atomic E-state index is 2.45. The molecule has 0 fully saturated rings. The van der Waals surface area contributed by atoms with Crippen LogP contribution in [0.1, 0.15) is 49.9 Å². The van der Waals surface area contributed by atoms with E-state index in [9.17, 15) is 0 Å². The van der Waals surface area contributed by atoms with Crippen LogP contribution in [0.2, 0.25) is 0 Å². The normalized spacial score (nSPS) is 14.3. The number of benzene rings is 8. The van der Waals surface area contributed by atoms with Crippen molar-refractivity contribution in [3.8, 4) is 44.5 Å². The van der Waals surface area contributed by atoms with Crippen molar-refractivity contribution < 1.29 is 0 Å². The van der Waals surface area contributed by atoms with Gasteiger partial charge in [0.25, 0.3) is 0 Å². The molecule has 10 rings (SSSR count). The predicted octanol–water partition coefficient (Wildman–Crippen LogP) is 14.3. The lowest BCUT2D eigenvalue weighted by atomic mass is 9.81. The number of rotatable bonds is 5. The highest BCUT2D eigenvalue weighted by molar-refractivity contribution is 5.91.